The molecular weight excluding hydrogens is 441 g/mol. The topological polar surface area (TPSA) is 84.7 Å². The van der Waals surface area contributed by atoms with E-state index in [1.807, 2.05) is 42.7 Å². The van der Waals surface area contributed by atoms with E-state index in [-0.39, 0.29) is 30.6 Å². The Balaban J connectivity index is 1.51. The zero-order valence-corrected chi connectivity index (χ0v) is 18.4. The number of alkyl halides is 3. The monoisotopic (exact) mass is 464 g/mol. The second-order valence-electron chi connectivity index (χ2n) is 6.83. The minimum Gasteiger partial charge on any atom is -0.368 e. The molecular formula is C21H23F3N6OS. The molecule has 0 aliphatic carbocycles. The summed E-state index contributed by atoms with van der Waals surface area (Å²) in [4.78, 5) is 15.9. The third kappa shape index (κ3) is 5.78. The van der Waals surface area contributed by atoms with Gasteiger partial charge in [0.15, 0.2) is 11.0 Å². The summed E-state index contributed by atoms with van der Waals surface area (Å²) in [5.74, 6) is 0.345. The van der Waals surface area contributed by atoms with Crippen molar-refractivity contribution in [2.75, 3.05) is 24.2 Å². The summed E-state index contributed by atoms with van der Waals surface area (Å²) in [7, 11) is 0. The van der Waals surface area contributed by atoms with Crippen LogP contribution in [0.15, 0.2) is 47.8 Å². The van der Waals surface area contributed by atoms with Crippen LogP contribution in [0.4, 0.5) is 19.0 Å². The van der Waals surface area contributed by atoms with Gasteiger partial charge in [0.25, 0.3) is 0 Å². The summed E-state index contributed by atoms with van der Waals surface area (Å²) in [5, 5.41) is 14.4. The van der Waals surface area contributed by atoms with Gasteiger partial charge in [-0.15, -0.1) is 10.2 Å². The number of pyridine rings is 1. The van der Waals surface area contributed by atoms with E-state index < -0.39 is 11.7 Å². The lowest BCUT2D eigenvalue weighted by molar-refractivity contribution is -0.137. The second kappa shape index (κ2) is 10.5. The number of benzene rings is 1. The maximum Gasteiger partial charge on any atom is 0.419 e. The number of hydrogen-bond donors (Lipinski definition) is 2. The highest BCUT2D eigenvalue weighted by atomic mass is 32.2. The number of thioether (sulfide) groups is 1. The lowest BCUT2D eigenvalue weighted by Gasteiger charge is -2.13. The standard InChI is InChI=1S/C21H23F3N6OS/c1-3-30-19(15-8-5-4-7-14(15)2)28-29-20(30)32-13-17(31)25-11-12-27-18-16(21(22,23)24)9-6-10-26-18/h4-10H,3,11-13H2,1-2H3,(H,25,31)(H,26,27). The molecule has 3 rings (SSSR count). The van der Waals surface area contributed by atoms with Crippen LogP contribution in [0.2, 0.25) is 0 Å². The molecule has 2 N–H and O–H groups in total. The van der Waals surface area contributed by atoms with Gasteiger partial charge in [-0.1, -0.05) is 36.0 Å². The quantitative estimate of drug-likeness (QED) is 0.368. The zero-order valence-electron chi connectivity index (χ0n) is 17.6. The number of carbonyl (C=O) groups excluding carboxylic acids is 1. The molecule has 0 aliphatic heterocycles. The molecule has 0 fully saturated rings. The Hall–Kier alpha value is -3.08. The third-order valence-corrected chi connectivity index (χ3v) is 5.57. The van der Waals surface area contributed by atoms with E-state index in [0.717, 1.165) is 23.0 Å². The normalized spacial score (nSPS) is 11.4. The number of halogens is 3. The fourth-order valence-electron chi connectivity index (χ4n) is 3.04. The van der Waals surface area contributed by atoms with Crippen molar-refractivity contribution in [2.24, 2.45) is 0 Å². The van der Waals surface area contributed by atoms with Crippen molar-refractivity contribution >= 4 is 23.5 Å². The fraction of sp³-hybridized carbons (Fsp3) is 0.333. The lowest BCUT2D eigenvalue weighted by atomic mass is 10.1. The minimum absolute atomic E-state index is 0.110. The Kier molecular flexibility index (Phi) is 7.73. The number of nitrogens with zero attached hydrogens (tertiary/aromatic N) is 4. The van der Waals surface area contributed by atoms with Gasteiger partial charge >= 0.3 is 6.18 Å². The van der Waals surface area contributed by atoms with E-state index in [2.05, 4.69) is 25.8 Å². The molecule has 0 spiro atoms. The number of nitrogens with one attached hydrogen (secondary N) is 2. The van der Waals surface area contributed by atoms with E-state index in [0.29, 0.717) is 11.7 Å². The van der Waals surface area contributed by atoms with Crippen molar-refractivity contribution in [3.8, 4) is 11.4 Å². The highest BCUT2D eigenvalue weighted by Crippen LogP contribution is 2.33. The maximum absolute atomic E-state index is 13.0. The van der Waals surface area contributed by atoms with E-state index in [4.69, 9.17) is 0 Å². The van der Waals surface area contributed by atoms with Crippen molar-refractivity contribution in [3.05, 3.63) is 53.7 Å². The van der Waals surface area contributed by atoms with Crippen LogP contribution in [0.3, 0.4) is 0 Å². The number of carbonyl (C=O) groups is 1. The molecule has 11 heteroatoms. The second-order valence-corrected chi connectivity index (χ2v) is 7.77. The average molecular weight is 465 g/mol. The molecule has 0 atom stereocenters. The van der Waals surface area contributed by atoms with Gasteiger partial charge in [-0.3, -0.25) is 4.79 Å². The first kappa shape index (κ1) is 23.6. The summed E-state index contributed by atoms with van der Waals surface area (Å²) in [5.41, 5.74) is 1.22. The molecule has 1 amide bonds. The Morgan fingerprint density at radius 2 is 1.91 bits per heavy atom. The van der Waals surface area contributed by atoms with Gasteiger partial charge in [-0.2, -0.15) is 13.2 Å². The van der Waals surface area contributed by atoms with Gasteiger partial charge in [-0.05, 0) is 31.5 Å². The van der Waals surface area contributed by atoms with Crippen molar-refractivity contribution in [1.29, 1.82) is 0 Å². The predicted molar refractivity (Wildman–Crippen MR) is 117 cm³/mol. The Morgan fingerprint density at radius 3 is 2.62 bits per heavy atom. The van der Waals surface area contributed by atoms with E-state index in [1.54, 1.807) is 0 Å². The number of rotatable bonds is 9. The number of aromatic nitrogens is 4. The highest BCUT2D eigenvalue weighted by Gasteiger charge is 2.33. The highest BCUT2D eigenvalue weighted by molar-refractivity contribution is 7.99. The van der Waals surface area contributed by atoms with Gasteiger partial charge < -0.3 is 15.2 Å². The molecule has 32 heavy (non-hydrogen) atoms. The van der Waals surface area contributed by atoms with E-state index in [9.17, 15) is 18.0 Å². The molecule has 170 valence electrons. The van der Waals surface area contributed by atoms with Crippen molar-refractivity contribution in [3.63, 3.8) is 0 Å². The number of amides is 1. The van der Waals surface area contributed by atoms with Gasteiger partial charge in [0.1, 0.15) is 5.82 Å². The Labute approximate surface area is 187 Å². The van der Waals surface area contributed by atoms with Crippen LogP contribution in [-0.2, 0) is 17.5 Å². The first-order valence-corrected chi connectivity index (χ1v) is 10.9. The number of hydrogen-bond acceptors (Lipinski definition) is 6. The van der Waals surface area contributed by atoms with Crippen molar-refractivity contribution < 1.29 is 18.0 Å². The first-order chi connectivity index (χ1) is 15.3. The molecule has 2 aromatic heterocycles. The Morgan fingerprint density at radius 1 is 1.12 bits per heavy atom. The molecule has 0 unspecified atom stereocenters. The summed E-state index contributed by atoms with van der Waals surface area (Å²) < 4.78 is 40.9. The molecule has 7 nitrogen and oxygen atoms in total. The lowest BCUT2D eigenvalue weighted by Crippen LogP contribution is -2.30. The van der Waals surface area contributed by atoms with Crippen molar-refractivity contribution in [2.45, 2.75) is 31.7 Å². The van der Waals surface area contributed by atoms with Crippen LogP contribution >= 0.6 is 11.8 Å². The van der Waals surface area contributed by atoms with E-state index >= 15 is 0 Å². The molecule has 0 saturated heterocycles. The number of anilines is 1. The molecule has 2 heterocycles. The zero-order chi connectivity index (χ0) is 23.1. The molecule has 0 saturated carbocycles. The van der Waals surface area contributed by atoms with Crippen LogP contribution in [0.25, 0.3) is 11.4 Å². The Bertz CT molecular complexity index is 1070. The molecule has 0 bridgehead atoms. The molecule has 0 aliphatic rings. The summed E-state index contributed by atoms with van der Waals surface area (Å²) in [6.45, 7) is 4.89. The molecule has 0 radical (unpaired) electrons. The molecule has 1 aromatic carbocycles. The van der Waals surface area contributed by atoms with Crippen LogP contribution in [0.5, 0.6) is 0 Å². The average Bonchev–Trinajstić information content (AvgIpc) is 3.18. The first-order valence-electron chi connectivity index (χ1n) is 9.96. The summed E-state index contributed by atoms with van der Waals surface area (Å²) in [6, 6.07) is 10.1. The maximum atomic E-state index is 13.0. The third-order valence-electron chi connectivity index (χ3n) is 4.60. The fourth-order valence-corrected chi connectivity index (χ4v) is 3.87. The van der Waals surface area contributed by atoms with Gasteiger partial charge in [0.2, 0.25) is 5.91 Å². The van der Waals surface area contributed by atoms with Crippen LogP contribution in [0, 0.1) is 6.92 Å². The SMILES string of the molecule is CCn1c(SCC(=O)NCCNc2ncccc2C(F)(F)F)nnc1-c1ccccc1C. The summed E-state index contributed by atoms with van der Waals surface area (Å²) >= 11 is 1.26. The van der Waals surface area contributed by atoms with E-state index in [1.165, 1.54) is 24.0 Å². The van der Waals surface area contributed by atoms with Crippen LogP contribution in [0.1, 0.15) is 18.1 Å². The van der Waals surface area contributed by atoms with Gasteiger partial charge in [0, 0.05) is 31.4 Å². The number of aryl methyl sites for hydroxylation is 1. The van der Waals surface area contributed by atoms with Crippen molar-refractivity contribution in [1.82, 2.24) is 25.1 Å². The van der Waals surface area contributed by atoms with Gasteiger partial charge in [0.05, 0.1) is 11.3 Å². The van der Waals surface area contributed by atoms with Crippen LogP contribution < -0.4 is 10.6 Å². The van der Waals surface area contributed by atoms with Gasteiger partial charge in [-0.25, -0.2) is 4.98 Å². The largest absolute Gasteiger partial charge is 0.419 e. The molecule has 3 aromatic rings. The smallest absolute Gasteiger partial charge is 0.368 e. The minimum atomic E-state index is -4.50. The van der Waals surface area contributed by atoms with Crippen LogP contribution in [-0.4, -0.2) is 44.5 Å². The predicted octanol–water partition coefficient (Wildman–Crippen LogP) is 4.01. The summed E-state index contributed by atoms with van der Waals surface area (Å²) in [6.07, 6.45) is -3.22.